The smallest absolute Gasteiger partial charge is 0.255 e. The largest absolute Gasteiger partial charge is 0.337 e. The standard InChI is InChI=1S/C15H20BrClN2O/c1-2-8-19(10-12-4-3-7-18-12)15(20)13-9-11(17)5-6-14(13)16/h5-6,9,12,18H,2-4,7-8,10H2,1H3. The molecule has 20 heavy (non-hydrogen) atoms. The average Bonchev–Trinajstić information content (AvgIpc) is 2.93. The minimum Gasteiger partial charge on any atom is -0.337 e. The topological polar surface area (TPSA) is 32.3 Å². The van der Waals surface area contributed by atoms with Crippen LogP contribution in [-0.2, 0) is 0 Å². The second-order valence-electron chi connectivity index (χ2n) is 5.17. The van der Waals surface area contributed by atoms with Gasteiger partial charge in [-0.15, -0.1) is 0 Å². The van der Waals surface area contributed by atoms with Crippen molar-refractivity contribution in [2.45, 2.75) is 32.2 Å². The Morgan fingerprint density at radius 2 is 2.35 bits per heavy atom. The molecule has 0 saturated carbocycles. The van der Waals surface area contributed by atoms with Crippen molar-refractivity contribution in [3.63, 3.8) is 0 Å². The Labute approximate surface area is 133 Å². The zero-order valence-corrected chi connectivity index (χ0v) is 14.0. The molecule has 1 amide bonds. The number of amides is 1. The van der Waals surface area contributed by atoms with Gasteiger partial charge < -0.3 is 10.2 Å². The monoisotopic (exact) mass is 358 g/mol. The number of carbonyl (C=O) groups excluding carboxylic acids is 1. The predicted octanol–water partition coefficient (Wildman–Crippen LogP) is 3.71. The number of hydrogen-bond acceptors (Lipinski definition) is 2. The van der Waals surface area contributed by atoms with Crippen molar-refractivity contribution >= 4 is 33.4 Å². The lowest BCUT2D eigenvalue weighted by molar-refractivity contribution is 0.0741. The molecule has 2 rings (SSSR count). The molecule has 0 radical (unpaired) electrons. The fourth-order valence-electron chi connectivity index (χ4n) is 2.56. The van der Waals surface area contributed by atoms with E-state index in [2.05, 4.69) is 28.2 Å². The van der Waals surface area contributed by atoms with Crippen LogP contribution in [0, 0.1) is 0 Å². The third kappa shape index (κ3) is 3.96. The molecule has 1 atom stereocenters. The van der Waals surface area contributed by atoms with Crippen LogP contribution in [0.3, 0.4) is 0 Å². The van der Waals surface area contributed by atoms with Crippen LogP contribution in [0.15, 0.2) is 22.7 Å². The molecule has 0 spiro atoms. The maximum atomic E-state index is 12.7. The van der Waals surface area contributed by atoms with Gasteiger partial charge in [0.05, 0.1) is 5.56 Å². The summed E-state index contributed by atoms with van der Waals surface area (Å²) in [5, 5.41) is 4.04. The highest BCUT2D eigenvalue weighted by atomic mass is 79.9. The molecule has 110 valence electrons. The van der Waals surface area contributed by atoms with Gasteiger partial charge in [-0.3, -0.25) is 4.79 Å². The Morgan fingerprint density at radius 3 is 3.00 bits per heavy atom. The maximum Gasteiger partial charge on any atom is 0.255 e. The van der Waals surface area contributed by atoms with Crippen molar-refractivity contribution < 1.29 is 4.79 Å². The van der Waals surface area contributed by atoms with E-state index >= 15 is 0 Å². The molecule has 1 heterocycles. The summed E-state index contributed by atoms with van der Waals surface area (Å²) in [4.78, 5) is 14.6. The molecule has 1 unspecified atom stereocenters. The van der Waals surface area contributed by atoms with Crippen LogP contribution in [0.4, 0.5) is 0 Å². The Bertz CT molecular complexity index is 475. The van der Waals surface area contributed by atoms with E-state index in [0.717, 1.165) is 36.9 Å². The van der Waals surface area contributed by atoms with Crippen LogP contribution < -0.4 is 5.32 Å². The lowest BCUT2D eigenvalue weighted by atomic mass is 10.1. The van der Waals surface area contributed by atoms with Crippen LogP contribution in [0.5, 0.6) is 0 Å². The fraction of sp³-hybridized carbons (Fsp3) is 0.533. The van der Waals surface area contributed by atoms with Crippen LogP contribution in [0.2, 0.25) is 5.02 Å². The first-order chi connectivity index (χ1) is 9.61. The first kappa shape index (κ1) is 15.8. The van der Waals surface area contributed by atoms with Crippen molar-refractivity contribution in [2.24, 2.45) is 0 Å². The number of nitrogens with zero attached hydrogens (tertiary/aromatic N) is 1. The SMILES string of the molecule is CCCN(CC1CCCN1)C(=O)c1cc(Cl)ccc1Br. The molecule has 0 bridgehead atoms. The van der Waals surface area contributed by atoms with E-state index in [1.165, 1.54) is 6.42 Å². The van der Waals surface area contributed by atoms with E-state index in [0.29, 0.717) is 16.6 Å². The van der Waals surface area contributed by atoms with Gasteiger partial charge in [0.15, 0.2) is 0 Å². The van der Waals surface area contributed by atoms with Crippen LogP contribution >= 0.6 is 27.5 Å². The molecule has 1 aliphatic heterocycles. The highest BCUT2D eigenvalue weighted by Gasteiger charge is 2.23. The van der Waals surface area contributed by atoms with Crippen LogP contribution in [0.25, 0.3) is 0 Å². The molecule has 5 heteroatoms. The first-order valence-corrected chi connectivity index (χ1v) is 8.26. The van der Waals surface area contributed by atoms with Crippen molar-refractivity contribution in [1.82, 2.24) is 10.2 Å². The molecule has 1 aliphatic rings. The lowest BCUT2D eigenvalue weighted by Gasteiger charge is -2.26. The summed E-state index contributed by atoms with van der Waals surface area (Å²) >= 11 is 9.45. The summed E-state index contributed by atoms with van der Waals surface area (Å²) in [5.41, 5.74) is 0.643. The van der Waals surface area contributed by atoms with Gasteiger partial charge in [0.25, 0.3) is 5.91 Å². The third-order valence-electron chi connectivity index (χ3n) is 3.54. The molecule has 1 saturated heterocycles. The van der Waals surface area contributed by atoms with E-state index in [-0.39, 0.29) is 5.91 Å². The summed E-state index contributed by atoms with van der Waals surface area (Å²) < 4.78 is 0.799. The number of hydrogen-bond donors (Lipinski definition) is 1. The lowest BCUT2D eigenvalue weighted by Crippen LogP contribution is -2.41. The molecule has 1 fully saturated rings. The second-order valence-corrected chi connectivity index (χ2v) is 6.46. The second kappa shape index (κ2) is 7.43. The minimum absolute atomic E-state index is 0.0509. The van der Waals surface area contributed by atoms with Gasteiger partial charge in [-0.2, -0.15) is 0 Å². The summed E-state index contributed by atoms with van der Waals surface area (Å²) in [7, 11) is 0. The number of rotatable bonds is 5. The van der Waals surface area contributed by atoms with Gasteiger partial charge >= 0.3 is 0 Å². The van der Waals surface area contributed by atoms with Gasteiger partial charge in [-0.1, -0.05) is 18.5 Å². The molecule has 1 aromatic rings. The molecular formula is C15H20BrClN2O. The van der Waals surface area contributed by atoms with Crippen molar-refractivity contribution in [3.8, 4) is 0 Å². The Hall–Kier alpha value is -0.580. The van der Waals surface area contributed by atoms with Gasteiger partial charge in [0.2, 0.25) is 0 Å². The van der Waals surface area contributed by atoms with Crippen molar-refractivity contribution in [1.29, 1.82) is 0 Å². The first-order valence-electron chi connectivity index (χ1n) is 7.09. The van der Waals surface area contributed by atoms with E-state index in [9.17, 15) is 4.79 Å². The summed E-state index contributed by atoms with van der Waals surface area (Å²) in [6.07, 6.45) is 3.29. The molecule has 1 aromatic carbocycles. The van der Waals surface area contributed by atoms with Gasteiger partial charge in [-0.25, -0.2) is 0 Å². The molecule has 1 N–H and O–H groups in total. The summed E-state index contributed by atoms with van der Waals surface area (Å²) in [6.45, 7) is 4.69. The molecule has 0 aromatic heterocycles. The Kier molecular flexibility index (Phi) is 5.87. The van der Waals surface area contributed by atoms with E-state index in [1.54, 1.807) is 12.1 Å². The quantitative estimate of drug-likeness (QED) is 0.869. The minimum atomic E-state index is 0.0509. The molecule has 0 aliphatic carbocycles. The van der Waals surface area contributed by atoms with E-state index < -0.39 is 0 Å². The van der Waals surface area contributed by atoms with E-state index in [4.69, 9.17) is 11.6 Å². The Balaban J connectivity index is 2.14. The van der Waals surface area contributed by atoms with Crippen molar-refractivity contribution in [3.05, 3.63) is 33.3 Å². The summed E-state index contributed by atoms with van der Waals surface area (Å²) in [5.74, 6) is 0.0509. The average molecular weight is 360 g/mol. The fourth-order valence-corrected chi connectivity index (χ4v) is 3.14. The molecule has 3 nitrogen and oxygen atoms in total. The van der Waals surface area contributed by atoms with Gasteiger partial charge in [-0.05, 0) is 59.9 Å². The summed E-state index contributed by atoms with van der Waals surface area (Å²) in [6, 6.07) is 5.76. The predicted molar refractivity (Wildman–Crippen MR) is 86.4 cm³/mol. The highest BCUT2D eigenvalue weighted by Crippen LogP contribution is 2.23. The van der Waals surface area contributed by atoms with Gasteiger partial charge in [0.1, 0.15) is 0 Å². The number of halogens is 2. The molecular weight excluding hydrogens is 340 g/mol. The van der Waals surface area contributed by atoms with E-state index in [1.807, 2.05) is 11.0 Å². The van der Waals surface area contributed by atoms with Crippen LogP contribution in [-0.4, -0.2) is 36.5 Å². The van der Waals surface area contributed by atoms with Crippen LogP contribution in [0.1, 0.15) is 36.5 Å². The number of benzene rings is 1. The zero-order chi connectivity index (χ0) is 14.5. The van der Waals surface area contributed by atoms with Crippen molar-refractivity contribution in [2.75, 3.05) is 19.6 Å². The normalized spacial score (nSPS) is 18.2. The zero-order valence-electron chi connectivity index (χ0n) is 11.7. The third-order valence-corrected chi connectivity index (χ3v) is 4.47. The Morgan fingerprint density at radius 1 is 1.55 bits per heavy atom. The van der Waals surface area contributed by atoms with Gasteiger partial charge in [0, 0.05) is 28.6 Å². The number of nitrogens with one attached hydrogen (secondary N) is 1. The number of carbonyl (C=O) groups is 1. The maximum absolute atomic E-state index is 12.7. The highest BCUT2D eigenvalue weighted by molar-refractivity contribution is 9.10.